The molecule has 1 aliphatic carbocycles. The van der Waals surface area contributed by atoms with E-state index in [-0.39, 0.29) is 0 Å². The van der Waals surface area contributed by atoms with Crippen LogP contribution in [0.2, 0.25) is 0 Å². The monoisotopic (exact) mass is 170 g/mol. The van der Waals surface area contributed by atoms with Crippen molar-refractivity contribution in [2.45, 2.75) is 39.2 Å². The molecule has 2 N–H and O–H groups in total. The SMILES string of the molecule is CC(C)N(C)CCC1(CN)CC1. The Hall–Kier alpha value is -0.0800. The van der Waals surface area contributed by atoms with Crippen LogP contribution in [0.15, 0.2) is 0 Å². The Morgan fingerprint density at radius 1 is 1.42 bits per heavy atom. The van der Waals surface area contributed by atoms with E-state index in [2.05, 4.69) is 25.8 Å². The number of nitrogens with zero attached hydrogens (tertiary/aromatic N) is 1. The summed E-state index contributed by atoms with van der Waals surface area (Å²) in [4.78, 5) is 2.40. The van der Waals surface area contributed by atoms with Crippen LogP contribution in [0.4, 0.5) is 0 Å². The van der Waals surface area contributed by atoms with Crippen LogP contribution in [-0.4, -0.2) is 31.1 Å². The highest BCUT2D eigenvalue weighted by Crippen LogP contribution is 2.47. The lowest BCUT2D eigenvalue weighted by molar-refractivity contribution is 0.246. The van der Waals surface area contributed by atoms with Crippen LogP contribution >= 0.6 is 0 Å². The fraction of sp³-hybridized carbons (Fsp3) is 1.00. The summed E-state index contributed by atoms with van der Waals surface area (Å²) in [5.74, 6) is 0. The Labute approximate surface area is 76.1 Å². The Morgan fingerprint density at radius 2 is 2.00 bits per heavy atom. The van der Waals surface area contributed by atoms with Crippen LogP contribution in [0.25, 0.3) is 0 Å². The van der Waals surface area contributed by atoms with E-state index >= 15 is 0 Å². The average molecular weight is 170 g/mol. The first-order chi connectivity index (χ1) is 5.59. The Balaban J connectivity index is 2.17. The van der Waals surface area contributed by atoms with Crippen LogP contribution in [0.5, 0.6) is 0 Å². The molecule has 0 bridgehead atoms. The minimum Gasteiger partial charge on any atom is -0.330 e. The van der Waals surface area contributed by atoms with E-state index in [0.717, 1.165) is 6.54 Å². The van der Waals surface area contributed by atoms with E-state index in [0.29, 0.717) is 11.5 Å². The lowest BCUT2D eigenvalue weighted by atomic mass is 10.0. The molecule has 72 valence electrons. The summed E-state index contributed by atoms with van der Waals surface area (Å²) in [7, 11) is 2.19. The highest BCUT2D eigenvalue weighted by molar-refractivity contribution is 4.94. The molecule has 2 heteroatoms. The van der Waals surface area contributed by atoms with Crippen molar-refractivity contribution < 1.29 is 0 Å². The first-order valence-corrected chi connectivity index (χ1v) is 5.00. The summed E-state index contributed by atoms with van der Waals surface area (Å²) in [5.41, 5.74) is 6.26. The molecule has 0 atom stereocenters. The van der Waals surface area contributed by atoms with Gasteiger partial charge in [0.05, 0.1) is 0 Å². The third-order valence-corrected chi connectivity index (χ3v) is 3.27. The minimum atomic E-state index is 0.545. The molecule has 0 aliphatic heterocycles. The van der Waals surface area contributed by atoms with E-state index in [4.69, 9.17) is 5.73 Å². The van der Waals surface area contributed by atoms with Gasteiger partial charge in [-0.3, -0.25) is 0 Å². The molecular formula is C10H22N2. The molecule has 0 radical (unpaired) electrons. The molecule has 0 saturated heterocycles. The van der Waals surface area contributed by atoms with Gasteiger partial charge in [-0.15, -0.1) is 0 Å². The molecule has 1 fully saturated rings. The molecule has 2 nitrogen and oxygen atoms in total. The summed E-state index contributed by atoms with van der Waals surface area (Å²) in [5, 5.41) is 0. The van der Waals surface area contributed by atoms with Crippen molar-refractivity contribution in [2.75, 3.05) is 20.1 Å². The summed E-state index contributed by atoms with van der Waals surface area (Å²) in [6, 6.07) is 0.665. The maximum Gasteiger partial charge on any atom is 0.00355 e. The average Bonchev–Trinajstić information content (AvgIpc) is 2.81. The zero-order chi connectivity index (χ0) is 9.19. The predicted octanol–water partition coefficient (Wildman–Crippen LogP) is 1.46. The normalized spacial score (nSPS) is 20.5. The molecule has 0 aromatic heterocycles. The van der Waals surface area contributed by atoms with Crippen LogP contribution in [0, 0.1) is 5.41 Å². The van der Waals surface area contributed by atoms with Crippen molar-refractivity contribution in [1.82, 2.24) is 4.90 Å². The van der Waals surface area contributed by atoms with Gasteiger partial charge in [0.25, 0.3) is 0 Å². The van der Waals surface area contributed by atoms with Crippen molar-refractivity contribution in [2.24, 2.45) is 11.1 Å². The molecule has 0 aromatic carbocycles. The zero-order valence-corrected chi connectivity index (χ0v) is 8.64. The van der Waals surface area contributed by atoms with Gasteiger partial charge < -0.3 is 10.6 Å². The fourth-order valence-corrected chi connectivity index (χ4v) is 1.40. The number of hydrogen-bond donors (Lipinski definition) is 1. The molecule has 0 heterocycles. The second kappa shape index (κ2) is 3.75. The van der Waals surface area contributed by atoms with Crippen molar-refractivity contribution in [3.05, 3.63) is 0 Å². The zero-order valence-electron chi connectivity index (χ0n) is 8.64. The summed E-state index contributed by atoms with van der Waals surface area (Å²) < 4.78 is 0. The van der Waals surface area contributed by atoms with Gasteiger partial charge in [0.2, 0.25) is 0 Å². The molecule has 1 saturated carbocycles. The third-order valence-electron chi connectivity index (χ3n) is 3.27. The maximum atomic E-state index is 5.71. The Kier molecular flexibility index (Phi) is 3.13. The summed E-state index contributed by atoms with van der Waals surface area (Å²) >= 11 is 0. The van der Waals surface area contributed by atoms with Gasteiger partial charge >= 0.3 is 0 Å². The highest BCUT2D eigenvalue weighted by Gasteiger charge is 2.40. The van der Waals surface area contributed by atoms with Crippen molar-refractivity contribution in [3.8, 4) is 0 Å². The summed E-state index contributed by atoms with van der Waals surface area (Å²) in [6.07, 6.45) is 4.00. The molecule has 0 aromatic rings. The topological polar surface area (TPSA) is 29.3 Å². The van der Waals surface area contributed by atoms with Crippen molar-refractivity contribution >= 4 is 0 Å². The molecule has 1 aliphatic rings. The van der Waals surface area contributed by atoms with Gasteiger partial charge in [-0.05, 0) is 58.7 Å². The van der Waals surface area contributed by atoms with E-state index < -0.39 is 0 Å². The number of hydrogen-bond acceptors (Lipinski definition) is 2. The van der Waals surface area contributed by atoms with E-state index in [1.165, 1.54) is 25.8 Å². The van der Waals surface area contributed by atoms with Crippen LogP contribution in [0.3, 0.4) is 0 Å². The molecule has 12 heavy (non-hydrogen) atoms. The van der Waals surface area contributed by atoms with Gasteiger partial charge in [0.15, 0.2) is 0 Å². The predicted molar refractivity (Wildman–Crippen MR) is 53.1 cm³/mol. The van der Waals surface area contributed by atoms with E-state index in [1.54, 1.807) is 0 Å². The molecule has 0 spiro atoms. The van der Waals surface area contributed by atoms with Crippen LogP contribution in [-0.2, 0) is 0 Å². The second-order valence-electron chi connectivity index (χ2n) is 4.53. The molecule has 0 amide bonds. The van der Waals surface area contributed by atoms with E-state index in [9.17, 15) is 0 Å². The standard InChI is InChI=1S/C10H22N2/c1-9(2)12(3)7-6-10(8-11)4-5-10/h9H,4-8,11H2,1-3H3. The van der Waals surface area contributed by atoms with Crippen molar-refractivity contribution in [3.63, 3.8) is 0 Å². The lowest BCUT2D eigenvalue weighted by Crippen LogP contribution is -2.30. The first-order valence-electron chi connectivity index (χ1n) is 5.00. The number of nitrogens with two attached hydrogens (primary N) is 1. The number of rotatable bonds is 5. The Morgan fingerprint density at radius 3 is 2.33 bits per heavy atom. The second-order valence-corrected chi connectivity index (χ2v) is 4.53. The quantitative estimate of drug-likeness (QED) is 0.677. The molecule has 0 unspecified atom stereocenters. The van der Waals surface area contributed by atoms with Gasteiger partial charge in [0, 0.05) is 6.04 Å². The highest BCUT2D eigenvalue weighted by atomic mass is 15.1. The van der Waals surface area contributed by atoms with Crippen molar-refractivity contribution in [1.29, 1.82) is 0 Å². The van der Waals surface area contributed by atoms with Gasteiger partial charge in [0.1, 0.15) is 0 Å². The third kappa shape index (κ3) is 2.46. The smallest absolute Gasteiger partial charge is 0.00355 e. The Bertz CT molecular complexity index is 139. The van der Waals surface area contributed by atoms with Gasteiger partial charge in [-0.2, -0.15) is 0 Å². The maximum absolute atomic E-state index is 5.71. The minimum absolute atomic E-state index is 0.545. The first kappa shape index (κ1) is 10.0. The van der Waals surface area contributed by atoms with E-state index in [1.807, 2.05) is 0 Å². The fourth-order valence-electron chi connectivity index (χ4n) is 1.40. The van der Waals surface area contributed by atoms with Crippen LogP contribution in [0.1, 0.15) is 33.1 Å². The largest absolute Gasteiger partial charge is 0.330 e. The van der Waals surface area contributed by atoms with Gasteiger partial charge in [-0.25, -0.2) is 0 Å². The molecule has 1 rings (SSSR count). The van der Waals surface area contributed by atoms with Crippen LogP contribution < -0.4 is 5.73 Å². The lowest BCUT2D eigenvalue weighted by Gasteiger charge is -2.23. The molecular weight excluding hydrogens is 148 g/mol. The van der Waals surface area contributed by atoms with Gasteiger partial charge in [-0.1, -0.05) is 0 Å². The summed E-state index contributed by atoms with van der Waals surface area (Å²) in [6.45, 7) is 6.57.